The molecule has 5 nitrogen and oxygen atoms in total. The molecule has 0 unspecified atom stereocenters. The Morgan fingerprint density at radius 2 is 2.28 bits per heavy atom. The van der Waals surface area contributed by atoms with Crippen molar-refractivity contribution < 1.29 is 14.3 Å². The molecular weight excluding hydrogens is 279 g/mol. The molecule has 0 radical (unpaired) electrons. The summed E-state index contributed by atoms with van der Waals surface area (Å²) in [6, 6.07) is 4.86. The van der Waals surface area contributed by atoms with Crippen LogP contribution in [0.3, 0.4) is 0 Å². The van der Waals surface area contributed by atoms with Gasteiger partial charge in [-0.25, -0.2) is 4.79 Å². The Bertz CT molecular complexity index is 452. The molecule has 0 aliphatic carbocycles. The topological polar surface area (TPSA) is 51.1 Å². The number of carbonyl (C=O) groups excluding carboxylic acids is 1. The van der Waals surface area contributed by atoms with E-state index in [9.17, 15) is 4.79 Å². The summed E-state index contributed by atoms with van der Waals surface area (Å²) < 4.78 is 10.7. The van der Waals surface area contributed by atoms with Crippen LogP contribution in [0, 0.1) is 0 Å². The SMILES string of the molecule is CCOC(=O)C=NN(Cl)c1ccc(OC)c(Cl)c1. The fourth-order valence-corrected chi connectivity index (χ4v) is 1.51. The lowest BCUT2D eigenvalue weighted by Gasteiger charge is -2.10. The van der Waals surface area contributed by atoms with Crippen molar-refractivity contribution in [3.05, 3.63) is 23.2 Å². The minimum Gasteiger partial charge on any atom is -0.495 e. The predicted molar refractivity (Wildman–Crippen MR) is 71.5 cm³/mol. The number of carbonyl (C=O) groups is 1. The van der Waals surface area contributed by atoms with Crippen molar-refractivity contribution in [3.63, 3.8) is 0 Å². The summed E-state index contributed by atoms with van der Waals surface area (Å²) >= 11 is 11.8. The molecular formula is C11H12Cl2N2O3. The summed E-state index contributed by atoms with van der Waals surface area (Å²) in [4.78, 5) is 11.0. The smallest absolute Gasteiger partial charge is 0.351 e. The first-order chi connectivity index (χ1) is 8.58. The largest absolute Gasteiger partial charge is 0.495 e. The molecule has 0 aromatic heterocycles. The van der Waals surface area contributed by atoms with Crippen molar-refractivity contribution in [2.24, 2.45) is 5.10 Å². The lowest BCUT2D eigenvalue weighted by atomic mass is 10.3. The van der Waals surface area contributed by atoms with Gasteiger partial charge in [0.1, 0.15) is 12.0 Å². The molecule has 0 bridgehead atoms. The van der Waals surface area contributed by atoms with Gasteiger partial charge in [0, 0.05) is 11.8 Å². The van der Waals surface area contributed by atoms with Crippen LogP contribution in [0.4, 0.5) is 5.69 Å². The molecule has 0 N–H and O–H groups in total. The highest BCUT2D eigenvalue weighted by atomic mass is 35.5. The zero-order chi connectivity index (χ0) is 13.5. The second-order valence-electron chi connectivity index (χ2n) is 3.08. The van der Waals surface area contributed by atoms with Gasteiger partial charge < -0.3 is 9.47 Å². The Morgan fingerprint density at radius 1 is 1.56 bits per heavy atom. The third-order valence-electron chi connectivity index (χ3n) is 1.90. The third kappa shape index (κ3) is 4.09. The first-order valence-corrected chi connectivity index (χ1v) is 5.80. The van der Waals surface area contributed by atoms with Gasteiger partial charge in [-0.3, -0.25) is 0 Å². The molecule has 98 valence electrons. The van der Waals surface area contributed by atoms with E-state index in [1.165, 1.54) is 7.11 Å². The molecule has 18 heavy (non-hydrogen) atoms. The number of hydrogen-bond acceptors (Lipinski definition) is 5. The Morgan fingerprint density at radius 3 is 2.83 bits per heavy atom. The number of methoxy groups -OCH3 is 1. The molecule has 7 heteroatoms. The average molecular weight is 291 g/mol. The van der Waals surface area contributed by atoms with Gasteiger partial charge in [0.25, 0.3) is 0 Å². The zero-order valence-corrected chi connectivity index (χ0v) is 11.4. The molecule has 1 rings (SSSR count). The molecule has 0 heterocycles. The van der Waals surface area contributed by atoms with E-state index in [0.717, 1.165) is 10.7 Å². The molecule has 0 fully saturated rings. The molecule has 0 atom stereocenters. The van der Waals surface area contributed by atoms with Gasteiger partial charge in [-0.15, -0.1) is 0 Å². The quantitative estimate of drug-likeness (QED) is 0.362. The monoisotopic (exact) mass is 290 g/mol. The van der Waals surface area contributed by atoms with Gasteiger partial charge in [-0.1, -0.05) is 11.6 Å². The fourth-order valence-electron chi connectivity index (χ4n) is 1.11. The minimum atomic E-state index is -0.567. The standard InChI is InChI=1S/C11H12Cl2N2O3/c1-3-18-11(16)7-14-15(13)8-4-5-10(17-2)9(12)6-8/h4-7H,3H2,1-2H3. The number of hydrazone groups is 1. The van der Waals surface area contributed by atoms with Gasteiger partial charge in [-0.2, -0.15) is 9.63 Å². The van der Waals surface area contributed by atoms with Gasteiger partial charge in [0.05, 0.1) is 24.4 Å². The Labute approximate surface area is 115 Å². The maximum Gasteiger partial charge on any atom is 0.351 e. The summed E-state index contributed by atoms with van der Waals surface area (Å²) in [6.07, 6.45) is 0.981. The van der Waals surface area contributed by atoms with Crippen LogP contribution in [-0.2, 0) is 9.53 Å². The molecule has 1 aromatic rings. The van der Waals surface area contributed by atoms with E-state index < -0.39 is 5.97 Å². The van der Waals surface area contributed by atoms with Crippen LogP contribution in [0.5, 0.6) is 5.75 Å². The van der Waals surface area contributed by atoms with Crippen LogP contribution >= 0.6 is 23.4 Å². The van der Waals surface area contributed by atoms with E-state index in [0.29, 0.717) is 16.5 Å². The van der Waals surface area contributed by atoms with Gasteiger partial charge in [0.15, 0.2) is 0 Å². The van der Waals surface area contributed by atoms with Gasteiger partial charge in [0.2, 0.25) is 0 Å². The van der Waals surface area contributed by atoms with Crippen molar-refractivity contribution >= 4 is 41.2 Å². The zero-order valence-electron chi connectivity index (χ0n) is 9.89. The van der Waals surface area contributed by atoms with Crippen LogP contribution in [0.1, 0.15) is 6.92 Å². The normalized spacial score (nSPS) is 10.4. The maximum atomic E-state index is 11.0. The van der Waals surface area contributed by atoms with Crippen LogP contribution in [0.25, 0.3) is 0 Å². The Hall–Kier alpha value is -1.46. The first kappa shape index (κ1) is 14.6. The lowest BCUT2D eigenvalue weighted by molar-refractivity contribution is -0.134. The summed E-state index contributed by atoms with van der Waals surface area (Å²) in [6.45, 7) is 1.98. The number of halogens is 2. The highest BCUT2D eigenvalue weighted by molar-refractivity contribution is 6.33. The van der Waals surface area contributed by atoms with Crippen LogP contribution in [0.15, 0.2) is 23.3 Å². The van der Waals surface area contributed by atoms with Crippen LogP contribution in [-0.4, -0.2) is 25.9 Å². The van der Waals surface area contributed by atoms with E-state index in [1.807, 2.05) is 0 Å². The maximum absolute atomic E-state index is 11.0. The number of hydrogen-bond donors (Lipinski definition) is 0. The van der Waals surface area contributed by atoms with Gasteiger partial charge in [-0.05, 0) is 25.1 Å². The highest BCUT2D eigenvalue weighted by Crippen LogP contribution is 2.29. The summed E-state index contributed by atoms with van der Waals surface area (Å²) in [5.74, 6) is -0.0392. The number of rotatable bonds is 5. The molecule has 0 spiro atoms. The van der Waals surface area contributed by atoms with E-state index in [-0.39, 0.29) is 6.61 Å². The average Bonchev–Trinajstić information content (AvgIpc) is 2.36. The third-order valence-corrected chi connectivity index (χ3v) is 2.48. The number of benzene rings is 1. The Kier molecular flexibility index (Phi) is 5.74. The van der Waals surface area contributed by atoms with Gasteiger partial charge >= 0.3 is 5.97 Å². The fraction of sp³-hybridized carbons (Fsp3) is 0.273. The van der Waals surface area contributed by atoms with E-state index in [2.05, 4.69) is 9.84 Å². The molecule has 1 aromatic carbocycles. The van der Waals surface area contributed by atoms with Crippen molar-refractivity contribution in [1.82, 2.24) is 0 Å². The number of nitrogens with zero attached hydrogens (tertiary/aromatic N) is 2. The van der Waals surface area contributed by atoms with Crippen molar-refractivity contribution in [2.45, 2.75) is 6.92 Å². The van der Waals surface area contributed by atoms with Crippen LogP contribution < -0.4 is 9.26 Å². The Balaban J connectivity index is 2.75. The molecule has 0 aliphatic rings. The number of anilines is 1. The summed E-state index contributed by atoms with van der Waals surface area (Å²) in [5.41, 5.74) is 0.503. The number of esters is 1. The molecule has 0 saturated heterocycles. The van der Waals surface area contributed by atoms with E-state index >= 15 is 0 Å². The summed E-state index contributed by atoms with van der Waals surface area (Å²) in [7, 11) is 1.51. The number of ether oxygens (including phenoxy) is 2. The molecule has 0 saturated carbocycles. The lowest BCUT2D eigenvalue weighted by Crippen LogP contribution is -2.09. The van der Waals surface area contributed by atoms with Crippen molar-refractivity contribution in [2.75, 3.05) is 18.2 Å². The second-order valence-corrected chi connectivity index (χ2v) is 3.80. The highest BCUT2D eigenvalue weighted by Gasteiger charge is 2.06. The van der Waals surface area contributed by atoms with Crippen molar-refractivity contribution in [3.8, 4) is 5.75 Å². The molecule has 0 aliphatic heterocycles. The first-order valence-electron chi connectivity index (χ1n) is 5.08. The summed E-state index contributed by atoms with van der Waals surface area (Å²) in [5, 5.41) is 4.10. The van der Waals surface area contributed by atoms with Crippen molar-refractivity contribution in [1.29, 1.82) is 0 Å². The second kappa shape index (κ2) is 7.08. The van der Waals surface area contributed by atoms with Crippen LogP contribution in [0.2, 0.25) is 5.02 Å². The predicted octanol–water partition coefficient (Wildman–Crippen LogP) is 2.86. The molecule has 0 amide bonds. The minimum absolute atomic E-state index is 0.279. The van der Waals surface area contributed by atoms with E-state index in [1.54, 1.807) is 25.1 Å². The van der Waals surface area contributed by atoms with E-state index in [4.69, 9.17) is 28.1 Å².